The maximum atomic E-state index is 12.3. The van der Waals surface area contributed by atoms with E-state index in [2.05, 4.69) is 5.32 Å². The smallest absolute Gasteiger partial charge is 0.330 e. The molecule has 26 heavy (non-hydrogen) atoms. The lowest BCUT2D eigenvalue weighted by molar-refractivity contribution is -0.283. The Hall–Kier alpha value is -1.05. The molecule has 2 saturated heterocycles. The van der Waals surface area contributed by atoms with Crippen LogP contribution in [-0.2, 0) is 14.3 Å². The number of esters is 1. The van der Waals surface area contributed by atoms with Gasteiger partial charge in [0.2, 0.25) is 0 Å². The maximum Gasteiger partial charge on any atom is 0.330 e. The maximum absolute atomic E-state index is 12.3. The Kier molecular flexibility index (Phi) is 6.64. The van der Waals surface area contributed by atoms with Gasteiger partial charge < -0.3 is 19.9 Å². The van der Waals surface area contributed by atoms with E-state index in [4.69, 9.17) is 9.47 Å². The first kappa shape index (κ1) is 19.7. The van der Waals surface area contributed by atoms with Gasteiger partial charge in [-0.3, -0.25) is 4.79 Å². The van der Waals surface area contributed by atoms with Gasteiger partial charge in [-0.2, -0.15) is 0 Å². The molecule has 1 amide bonds. The van der Waals surface area contributed by atoms with Crippen LogP contribution in [0.25, 0.3) is 0 Å². The zero-order chi connectivity index (χ0) is 18.6. The van der Waals surface area contributed by atoms with Crippen molar-refractivity contribution >= 4 is 23.0 Å². The molecule has 3 rings (SSSR count). The molecule has 4 atom stereocenters. The molecular weight excluding hydrogens is 354 g/mol. The number of nitrogens with one attached hydrogen (secondary N) is 1. The molecule has 0 saturated carbocycles. The second-order valence-electron chi connectivity index (χ2n) is 7.68. The fourth-order valence-electron chi connectivity index (χ4n) is 3.98. The molecule has 0 radical (unpaired) electrons. The molecule has 3 heterocycles. The van der Waals surface area contributed by atoms with Gasteiger partial charge in [0.25, 0.3) is 5.24 Å². The summed E-state index contributed by atoms with van der Waals surface area (Å²) in [5, 5.41) is 13.7. The summed E-state index contributed by atoms with van der Waals surface area (Å²) in [6.07, 6.45) is 9.13. The lowest BCUT2D eigenvalue weighted by atomic mass is 9.91. The fourth-order valence-corrected chi connectivity index (χ4v) is 4.87. The number of fused-ring (bicyclic) bond motifs is 2. The van der Waals surface area contributed by atoms with Gasteiger partial charge in [0.15, 0.2) is 5.79 Å². The van der Waals surface area contributed by atoms with Crippen LogP contribution in [0.5, 0.6) is 0 Å². The van der Waals surface area contributed by atoms with E-state index in [1.165, 1.54) is 6.42 Å². The molecule has 0 aromatic rings. The molecule has 2 N–H and O–H groups in total. The van der Waals surface area contributed by atoms with Crippen molar-refractivity contribution in [1.82, 2.24) is 5.32 Å². The van der Waals surface area contributed by atoms with Gasteiger partial charge in [-0.05, 0) is 26.2 Å². The van der Waals surface area contributed by atoms with Crippen molar-refractivity contribution in [3.05, 3.63) is 11.6 Å². The summed E-state index contributed by atoms with van der Waals surface area (Å²) in [6, 6.07) is -0.472. The topological polar surface area (TPSA) is 84.9 Å². The quantitative estimate of drug-likeness (QED) is 0.676. The van der Waals surface area contributed by atoms with E-state index in [0.29, 0.717) is 12.2 Å². The summed E-state index contributed by atoms with van der Waals surface area (Å²) < 4.78 is 11.7. The molecule has 3 aliphatic heterocycles. The first-order valence-electron chi connectivity index (χ1n) is 9.66. The van der Waals surface area contributed by atoms with Crippen molar-refractivity contribution in [2.24, 2.45) is 0 Å². The van der Waals surface area contributed by atoms with E-state index in [9.17, 15) is 14.7 Å². The van der Waals surface area contributed by atoms with E-state index in [1.807, 2.05) is 6.92 Å². The predicted molar refractivity (Wildman–Crippen MR) is 99.8 cm³/mol. The van der Waals surface area contributed by atoms with Gasteiger partial charge in [0, 0.05) is 24.7 Å². The van der Waals surface area contributed by atoms with E-state index in [-0.39, 0.29) is 23.7 Å². The van der Waals surface area contributed by atoms with Crippen LogP contribution in [0, 0.1) is 0 Å². The van der Waals surface area contributed by atoms with Crippen LogP contribution in [0.2, 0.25) is 0 Å². The summed E-state index contributed by atoms with van der Waals surface area (Å²) in [4.78, 5) is 23.8. The zero-order valence-electron chi connectivity index (χ0n) is 15.4. The first-order chi connectivity index (χ1) is 12.4. The number of allylic oxidation sites excluding steroid dienone is 1. The molecule has 0 unspecified atom stereocenters. The molecule has 6 nitrogen and oxygen atoms in total. The van der Waals surface area contributed by atoms with Crippen LogP contribution in [0.15, 0.2) is 11.6 Å². The monoisotopic (exact) mass is 383 g/mol. The predicted octanol–water partition coefficient (Wildman–Crippen LogP) is 3.28. The van der Waals surface area contributed by atoms with E-state index >= 15 is 0 Å². The first-order valence-corrected chi connectivity index (χ1v) is 10.6. The number of rotatable bonds is 1. The largest absolute Gasteiger partial charge is 0.459 e. The molecule has 2 bridgehead atoms. The van der Waals surface area contributed by atoms with Crippen molar-refractivity contribution in [3.8, 4) is 0 Å². The Labute approximate surface area is 159 Å². The third-order valence-corrected chi connectivity index (χ3v) is 6.26. The van der Waals surface area contributed by atoms with Crippen LogP contribution in [0.1, 0.15) is 64.7 Å². The number of carbonyl (C=O) groups excluding carboxylic acids is 2. The van der Waals surface area contributed by atoms with Crippen molar-refractivity contribution in [2.45, 2.75) is 88.7 Å². The minimum Gasteiger partial charge on any atom is -0.459 e. The summed E-state index contributed by atoms with van der Waals surface area (Å²) in [5.41, 5.74) is 1.03. The highest BCUT2D eigenvalue weighted by Gasteiger charge is 2.49. The SMILES string of the molecule is C/C1=C/C(=O)O[C@@H]2C[C@@H](CCCCCCC1)O[C@@](O)([C@@H]1CSC(=O)N1)C2. The molecular formula is C19H29NO5S. The van der Waals surface area contributed by atoms with Gasteiger partial charge in [0.1, 0.15) is 6.10 Å². The molecule has 0 spiro atoms. The van der Waals surface area contributed by atoms with E-state index in [0.717, 1.165) is 55.9 Å². The van der Waals surface area contributed by atoms with Gasteiger partial charge in [0.05, 0.1) is 12.1 Å². The van der Waals surface area contributed by atoms with Crippen molar-refractivity contribution in [3.63, 3.8) is 0 Å². The van der Waals surface area contributed by atoms with Crippen LogP contribution in [-0.4, -0.2) is 46.1 Å². The van der Waals surface area contributed by atoms with Gasteiger partial charge >= 0.3 is 5.97 Å². The Bertz CT molecular complexity index is 566. The highest BCUT2D eigenvalue weighted by atomic mass is 32.2. The molecule has 3 aliphatic rings. The van der Waals surface area contributed by atoms with Crippen LogP contribution < -0.4 is 5.32 Å². The van der Waals surface area contributed by atoms with Crippen molar-refractivity contribution < 1.29 is 24.2 Å². The van der Waals surface area contributed by atoms with E-state index in [1.54, 1.807) is 6.08 Å². The summed E-state index contributed by atoms with van der Waals surface area (Å²) in [6.45, 7) is 1.96. The number of carbonyl (C=O) groups is 2. The molecule has 0 aromatic carbocycles. The van der Waals surface area contributed by atoms with Crippen LogP contribution >= 0.6 is 11.8 Å². The lowest BCUT2D eigenvalue weighted by Crippen LogP contribution is -2.58. The minimum absolute atomic E-state index is 0.150. The van der Waals surface area contributed by atoms with Gasteiger partial charge in [-0.15, -0.1) is 0 Å². The number of hydrogen-bond acceptors (Lipinski definition) is 6. The van der Waals surface area contributed by atoms with Crippen LogP contribution in [0.3, 0.4) is 0 Å². The summed E-state index contributed by atoms with van der Waals surface area (Å²) in [5.74, 6) is -1.37. The number of ether oxygens (including phenoxy) is 2. The normalized spacial score (nSPS) is 39.3. The summed E-state index contributed by atoms with van der Waals surface area (Å²) in [7, 11) is 0. The number of aliphatic hydroxyl groups is 1. The molecule has 0 aromatic heterocycles. The standard InChI is InChI=1S/C19H29NO5S/c1-13-7-5-3-2-4-6-8-14-10-15(24-17(21)9-13)11-19(23,25-14)16-12-26-18(22)20-16/h9,14-16,23H,2-8,10-12H2,1H3,(H,20,22)/b13-9-/t14-,15-,16+,19-/m1/s1. The number of thioether (sulfide) groups is 1. The third-order valence-electron chi connectivity index (χ3n) is 5.38. The highest BCUT2D eigenvalue weighted by Crippen LogP contribution is 2.36. The average molecular weight is 384 g/mol. The van der Waals surface area contributed by atoms with Crippen molar-refractivity contribution in [1.29, 1.82) is 0 Å². The Morgan fingerprint density at radius 2 is 1.96 bits per heavy atom. The second-order valence-corrected chi connectivity index (χ2v) is 8.67. The molecule has 146 valence electrons. The number of hydrogen-bond donors (Lipinski definition) is 2. The Morgan fingerprint density at radius 3 is 2.73 bits per heavy atom. The molecule has 0 aliphatic carbocycles. The summed E-state index contributed by atoms with van der Waals surface area (Å²) >= 11 is 1.15. The second kappa shape index (κ2) is 8.76. The molecule has 2 fully saturated rings. The Balaban J connectivity index is 1.74. The van der Waals surface area contributed by atoms with E-state index < -0.39 is 17.9 Å². The third kappa shape index (κ3) is 5.24. The fraction of sp³-hybridized carbons (Fsp3) is 0.789. The Morgan fingerprint density at radius 1 is 1.19 bits per heavy atom. The minimum atomic E-state index is -1.48. The average Bonchev–Trinajstić information content (AvgIpc) is 3.00. The van der Waals surface area contributed by atoms with Gasteiger partial charge in [-0.25, -0.2) is 4.79 Å². The number of amides is 1. The zero-order valence-corrected chi connectivity index (χ0v) is 16.2. The highest BCUT2D eigenvalue weighted by molar-refractivity contribution is 8.14. The van der Waals surface area contributed by atoms with Crippen LogP contribution in [0.4, 0.5) is 4.79 Å². The lowest BCUT2D eigenvalue weighted by Gasteiger charge is -2.43. The molecule has 7 heteroatoms. The van der Waals surface area contributed by atoms with Gasteiger partial charge in [-0.1, -0.05) is 43.0 Å². The van der Waals surface area contributed by atoms with Crippen molar-refractivity contribution in [2.75, 3.05) is 5.75 Å².